The van der Waals surface area contributed by atoms with E-state index in [9.17, 15) is 24.3 Å². The van der Waals surface area contributed by atoms with Gasteiger partial charge in [0.05, 0.1) is 23.9 Å². The summed E-state index contributed by atoms with van der Waals surface area (Å²) in [5, 5.41) is 17.6. The lowest BCUT2D eigenvalue weighted by Crippen LogP contribution is -2.34. The molecule has 1 aliphatic heterocycles. The molecule has 4 aromatic rings. The first-order valence-electron chi connectivity index (χ1n) is 11.7. The molecule has 0 radical (unpaired) electrons. The maximum Gasteiger partial charge on any atom is 0.333 e. The van der Waals surface area contributed by atoms with Crippen LogP contribution in [0.15, 0.2) is 55.0 Å². The van der Waals surface area contributed by atoms with Crippen LogP contribution < -0.4 is 20.7 Å². The van der Waals surface area contributed by atoms with Gasteiger partial charge in [-0.15, -0.1) is 0 Å². The van der Waals surface area contributed by atoms with Gasteiger partial charge in [-0.05, 0) is 35.4 Å². The van der Waals surface area contributed by atoms with Gasteiger partial charge in [0, 0.05) is 12.7 Å². The van der Waals surface area contributed by atoms with E-state index in [0.29, 0.717) is 22.6 Å². The minimum Gasteiger partial charge on any atom is -0.508 e. The Balaban J connectivity index is 1.33. The summed E-state index contributed by atoms with van der Waals surface area (Å²) < 4.78 is 10.2. The molecule has 0 fully saturated rings. The number of nitrogens with one attached hydrogen (secondary N) is 4. The van der Waals surface area contributed by atoms with E-state index in [1.165, 1.54) is 37.6 Å². The number of aromatic nitrogens is 3. The summed E-state index contributed by atoms with van der Waals surface area (Å²) in [5.41, 5.74) is 2.13. The van der Waals surface area contributed by atoms with E-state index >= 15 is 0 Å². The lowest BCUT2D eigenvalue weighted by Gasteiger charge is -2.18. The molecule has 5 N–H and O–H groups in total. The smallest absolute Gasteiger partial charge is 0.333 e. The van der Waals surface area contributed by atoms with Crippen LogP contribution >= 0.6 is 0 Å². The molecular weight excluding hydrogens is 508 g/mol. The Morgan fingerprint density at radius 2 is 1.92 bits per heavy atom. The van der Waals surface area contributed by atoms with Gasteiger partial charge in [0.15, 0.2) is 18.3 Å². The number of aromatic hydroxyl groups is 1. The van der Waals surface area contributed by atoms with Crippen molar-refractivity contribution in [3.63, 3.8) is 0 Å². The van der Waals surface area contributed by atoms with Crippen LogP contribution in [0.2, 0.25) is 0 Å². The van der Waals surface area contributed by atoms with E-state index in [0.717, 1.165) is 6.33 Å². The van der Waals surface area contributed by atoms with Crippen molar-refractivity contribution in [2.45, 2.75) is 12.6 Å². The first kappa shape index (κ1) is 25.2. The molecule has 0 unspecified atom stereocenters. The van der Waals surface area contributed by atoms with Gasteiger partial charge in [-0.1, -0.05) is 18.2 Å². The van der Waals surface area contributed by atoms with E-state index < -0.39 is 23.8 Å². The van der Waals surface area contributed by atoms with Crippen molar-refractivity contribution < 1.29 is 33.8 Å². The zero-order valence-corrected chi connectivity index (χ0v) is 20.5. The van der Waals surface area contributed by atoms with Gasteiger partial charge < -0.3 is 35.5 Å². The zero-order chi connectivity index (χ0) is 27.5. The molecule has 198 valence electrons. The highest BCUT2D eigenvalue weighted by Crippen LogP contribution is 2.28. The van der Waals surface area contributed by atoms with Gasteiger partial charge in [0.2, 0.25) is 0 Å². The van der Waals surface area contributed by atoms with Gasteiger partial charge in [-0.3, -0.25) is 14.4 Å². The third-order valence-electron chi connectivity index (χ3n) is 5.99. The number of hydrogen-bond donors (Lipinski definition) is 5. The summed E-state index contributed by atoms with van der Waals surface area (Å²) in [6.07, 6.45) is 2.52. The predicted molar refractivity (Wildman–Crippen MR) is 136 cm³/mol. The molecule has 13 nitrogen and oxygen atoms in total. The summed E-state index contributed by atoms with van der Waals surface area (Å²) in [6, 6.07) is 9.75. The summed E-state index contributed by atoms with van der Waals surface area (Å²) >= 11 is 0. The van der Waals surface area contributed by atoms with Crippen LogP contribution in [0.1, 0.15) is 38.0 Å². The number of amides is 3. The largest absolute Gasteiger partial charge is 0.508 e. The standard InChI is InChI=1S/C26H22N6O7/c1-38-26(37)20(14-3-5-15(33)6-4-14)32-24(35)16-10-27-22-21(16)29-12-30-23(22)25(36)28-9-13-2-7-18-17(8-13)31-19(34)11-39-18/h2-8,10,12,20,27,33H,9,11H2,1H3,(H,28,36)(H,31,34)(H,32,35)/t20-/m0/s1. The summed E-state index contributed by atoms with van der Waals surface area (Å²) in [6.45, 7) is 0.0814. The Morgan fingerprint density at radius 1 is 1.13 bits per heavy atom. The van der Waals surface area contributed by atoms with Crippen molar-refractivity contribution in [2.75, 3.05) is 19.0 Å². The third-order valence-corrected chi connectivity index (χ3v) is 5.99. The summed E-state index contributed by atoms with van der Waals surface area (Å²) in [7, 11) is 1.19. The number of aromatic amines is 1. The number of fused-ring (bicyclic) bond motifs is 2. The number of rotatable bonds is 7. The fourth-order valence-electron chi connectivity index (χ4n) is 4.06. The van der Waals surface area contributed by atoms with Crippen molar-refractivity contribution in [3.8, 4) is 11.5 Å². The van der Waals surface area contributed by atoms with Crippen molar-refractivity contribution in [3.05, 3.63) is 77.4 Å². The molecule has 2 aromatic carbocycles. The van der Waals surface area contributed by atoms with Crippen LogP contribution in [-0.2, 0) is 20.9 Å². The number of esters is 1. The van der Waals surface area contributed by atoms with Crippen molar-refractivity contribution in [1.29, 1.82) is 0 Å². The molecule has 3 heterocycles. The maximum absolute atomic E-state index is 13.1. The van der Waals surface area contributed by atoms with Gasteiger partial charge in [0.25, 0.3) is 17.7 Å². The topological polar surface area (TPSA) is 185 Å². The molecule has 1 aliphatic rings. The van der Waals surface area contributed by atoms with Crippen molar-refractivity contribution >= 4 is 40.4 Å². The van der Waals surface area contributed by atoms with Crippen molar-refractivity contribution in [2.24, 2.45) is 0 Å². The van der Waals surface area contributed by atoms with E-state index in [1.807, 2.05) is 0 Å². The molecule has 5 rings (SSSR count). The zero-order valence-electron chi connectivity index (χ0n) is 20.5. The average molecular weight is 530 g/mol. The quantitative estimate of drug-likeness (QED) is 0.221. The molecule has 2 aromatic heterocycles. The number of hydrogen-bond acceptors (Lipinski definition) is 9. The van der Waals surface area contributed by atoms with Crippen molar-refractivity contribution in [1.82, 2.24) is 25.6 Å². The second-order valence-electron chi connectivity index (χ2n) is 8.52. The minimum atomic E-state index is -1.15. The molecule has 0 bridgehead atoms. The number of H-pyrrole nitrogens is 1. The number of carbonyl (C=O) groups is 4. The van der Waals surface area contributed by atoms with Crippen LogP contribution in [0.25, 0.3) is 11.0 Å². The van der Waals surface area contributed by atoms with E-state index in [4.69, 9.17) is 9.47 Å². The Kier molecular flexibility index (Phi) is 6.78. The summed E-state index contributed by atoms with van der Waals surface area (Å²) in [5.74, 6) is -1.60. The number of methoxy groups -OCH3 is 1. The van der Waals surface area contributed by atoms with E-state index in [-0.39, 0.29) is 47.1 Å². The maximum atomic E-state index is 13.1. The highest BCUT2D eigenvalue weighted by Gasteiger charge is 2.27. The Bertz CT molecular complexity index is 1600. The number of phenolic OH excluding ortho intramolecular Hbond substituents is 1. The fourth-order valence-corrected chi connectivity index (χ4v) is 4.06. The fraction of sp³-hybridized carbons (Fsp3) is 0.154. The molecule has 3 amide bonds. The lowest BCUT2D eigenvalue weighted by atomic mass is 10.1. The number of anilines is 1. The summed E-state index contributed by atoms with van der Waals surface area (Å²) in [4.78, 5) is 61.1. The third kappa shape index (κ3) is 5.18. The molecule has 1 atom stereocenters. The van der Waals surface area contributed by atoms with Crippen LogP contribution in [0.3, 0.4) is 0 Å². The second-order valence-corrected chi connectivity index (χ2v) is 8.52. The monoisotopic (exact) mass is 530 g/mol. The molecule has 0 saturated heterocycles. The number of carbonyl (C=O) groups excluding carboxylic acids is 4. The van der Waals surface area contributed by atoms with Crippen LogP contribution in [0.5, 0.6) is 11.5 Å². The van der Waals surface area contributed by atoms with Crippen LogP contribution in [0.4, 0.5) is 5.69 Å². The van der Waals surface area contributed by atoms with Gasteiger partial charge >= 0.3 is 5.97 Å². The van der Waals surface area contributed by atoms with Crippen LogP contribution in [-0.4, -0.2) is 57.5 Å². The molecule has 0 spiro atoms. The van der Waals surface area contributed by atoms with Gasteiger partial charge in [0.1, 0.15) is 23.3 Å². The molecule has 0 saturated carbocycles. The highest BCUT2D eigenvalue weighted by atomic mass is 16.5. The minimum absolute atomic E-state index is 0.000218. The average Bonchev–Trinajstić information content (AvgIpc) is 3.39. The van der Waals surface area contributed by atoms with Crippen LogP contribution in [0, 0.1) is 0 Å². The molecular formula is C26H22N6O7. The predicted octanol–water partition coefficient (Wildman–Crippen LogP) is 1.57. The SMILES string of the molecule is COC(=O)[C@@H](NC(=O)c1c[nH]c2c(C(=O)NCc3ccc4c(c3)NC(=O)CO4)ncnc12)c1ccc(O)cc1. The number of ether oxygens (including phenoxy) is 2. The molecule has 39 heavy (non-hydrogen) atoms. The first-order chi connectivity index (χ1) is 18.8. The number of benzene rings is 2. The molecule has 0 aliphatic carbocycles. The highest BCUT2D eigenvalue weighted by molar-refractivity contribution is 6.11. The lowest BCUT2D eigenvalue weighted by molar-refractivity contribution is -0.143. The Morgan fingerprint density at radius 3 is 2.69 bits per heavy atom. The van der Waals surface area contributed by atoms with E-state index in [1.54, 1.807) is 18.2 Å². The van der Waals surface area contributed by atoms with E-state index in [2.05, 4.69) is 30.9 Å². The Labute approximate surface area is 220 Å². The van der Waals surface area contributed by atoms with Gasteiger partial charge in [-0.2, -0.15) is 0 Å². The van der Waals surface area contributed by atoms with Gasteiger partial charge in [-0.25, -0.2) is 14.8 Å². The first-order valence-corrected chi connectivity index (χ1v) is 11.7. The number of nitrogens with zero attached hydrogens (tertiary/aromatic N) is 2. The molecule has 13 heteroatoms. The number of phenols is 1. The second kappa shape index (κ2) is 10.5. The normalized spacial score (nSPS) is 13.0. The Hall–Kier alpha value is -5.46.